The minimum absolute atomic E-state index is 0.513. The number of aliphatic hydroxyl groups is 5. The molecule has 0 aliphatic rings. The van der Waals surface area contributed by atoms with Crippen molar-refractivity contribution in [2.45, 2.75) is 50.6 Å². The van der Waals surface area contributed by atoms with Gasteiger partial charge in [0, 0.05) is 6.92 Å². The van der Waals surface area contributed by atoms with Crippen LogP contribution in [0.15, 0.2) is 0 Å². The largest absolute Gasteiger partial charge is 0.394 e. The van der Waals surface area contributed by atoms with E-state index in [1.54, 1.807) is 0 Å². The van der Waals surface area contributed by atoms with Gasteiger partial charge in [0.2, 0.25) is 17.0 Å². The fourth-order valence-corrected chi connectivity index (χ4v) is 2.50. The van der Waals surface area contributed by atoms with Crippen molar-refractivity contribution in [1.29, 1.82) is 0 Å². The molecule has 0 rings (SSSR count). The average molecular weight is 348 g/mol. The van der Waals surface area contributed by atoms with E-state index in [1.165, 1.54) is 0 Å². The van der Waals surface area contributed by atoms with Gasteiger partial charge in [0.1, 0.15) is 6.10 Å². The van der Waals surface area contributed by atoms with E-state index < -0.39 is 58.4 Å². The van der Waals surface area contributed by atoms with Crippen LogP contribution in [-0.4, -0.2) is 84.0 Å². The number of carbonyl (C=O) groups is 5. The number of ketones is 5. The Bertz CT molecular complexity index is 596. The lowest BCUT2D eigenvalue weighted by atomic mass is 9.61. The molecule has 0 aliphatic carbocycles. The van der Waals surface area contributed by atoms with Gasteiger partial charge in [-0.05, 0) is 20.8 Å². The molecular weight excluding hydrogens is 328 g/mol. The molecule has 0 aromatic rings. The predicted molar refractivity (Wildman–Crippen MR) is 75.7 cm³/mol. The van der Waals surface area contributed by atoms with Crippen LogP contribution in [0.5, 0.6) is 0 Å². The van der Waals surface area contributed by atoms with Gasteiger partial charge in [-0.15, -0.1) is 0 Å². The monoisotopic (exact) mass is 348 g/mol. The van der Waals surface area contributed by atoms with Gasteiger partial charge in [0.15, 0.2) is 28.7 Å². The molecule has 0 aromatic carbocycles. The maximum absolute atomic E-state index is 12.0. The van der Waals surface area contributed by atoms with E-state index in [-0.39, 0.29) is 0 Å². The molecular formula is C14H20O10. The first-order chi connectivity index (χ1) is 10.7. The first kappa shape index (κ1) is 22.1. The molecule has 10 heteroatoms. The Morgan fingerprint density at radius 3 is 1.46 bits per heavy atom. The van der Waals surface area contributed by atoms with Crippen molar-refractivity contribution in [3.05, 3.63) is 0 Å². The molecule has 0 aromatic heterocycles. The Kier molecular flexibility index (Phi) is 6.41. The predicted octanol–water partition coefficient (Wildman–Crippen LogP) is -3.54. The summed E-state index contributed by atoms with van der Waals surface area (Å²) in [7, 11) is 0. The van der Waals surface area contributed by atoms with Crippen molar-refractivity contribution in [3.8, 4) is 0 Å². The van der Waals surface area contributed by atoms with Gasteiger partial charge in [-0.1, -0.05) is 0 Å². The molecule has 0 fully saturated rings. The number of rotatable bonds is 9. The molecule has 0 unspecified atom stereocenters. The third kappa shape index (κ3) is 2.72. The van der Waals surface area contributed by atoms with Crippen LogP contribution in [0.25, 0.3) is 0 Å². The third-order valence-electron chi connectivity index (χ3n) is 3.93. The van der Waals surface area contributed by atoms with Crippen LogP contribution in [0.4, 0.5) is 0 Å². The molecule has 0 bridgehead atoms. The van der Waals surface area contributed by atoms with Crippen LogP contribution in [0.3, 0.4) is 0 Å². The summed E-state index contributed by atoms with van der Waals surface area (Å²) in [6, 6.07) is 0. The van der Waals surface area contributed by atoms with Crippen molar-refractivity contribution >= 4 is 28.9 Å². The smallest absolute Gasteiger partial charge is 0.240 e. The summed E-state index contributed by atoms with van der Waals surface area (Å²) < 4.78 is 0. The van der Waals surface area contributed by atoms with E-state index in [0.717, 1.165) is 0 Å². The molecule has 0 radical (unpaired) electrons. The van der Waals surface area contributed by atoms with Gasteiger partial charge in [0.25, 0.3) is 0 Å². The number of Topliss-reactive ketones (excluding diaryl/α,β-unsaturated/α-hetero) is 5. The van der Waals surface area contributed by atoms with E-state index in [9.17, 15) is 44.4 Å². The first-order valence-corrected chi connectivity index (χ1v) is 6.71. The highest BCUT2D eigenvalue weighted by atomic mass is 16.4. The fourth-order valence-electron chi connectivity index (χ4n) is 2.50. The lowest BCUT2D eigenvalue weighted by molar-refractivity contribution is -0.246. The quantitative estimate of drug-likeness (QED) is 0.206. The van der Waals surface area contributed by atoms with Gasteiger partial charge in [-0.3, -0.25) is 24.0 Å². The summed E-state index contributed by atoms with van der Waals surface area (Å²) in [5.74, 6) is -8.28. The maximum Gasteiger partial charge on any atom is 0.240 e. The van der Waals surface area contributed by atoms with Gasteiger partial charge in [0.05, 0.1) is 6.61 Å². The van der Waals surface area contributed by atoms with Gasteiger partial charge < -0.3 is 25.5 Å². The molecule has 4 atom stereocenters. The Balaban J connectivity index is 7.11. The van der Waals surface area contributed by atoms with Crippen LogP contribution < -0.4 is 0 Å². The third-order valence-corrected chi connectivity index (χ3v) is 3.93. The van der Waals surface area contributed by atoms with Crippen LogP contribution in [0, 0.1) is 0 Å². The second-order valence-electron chi connectivity index (χ2n) is 5.44. The normalized spacial score (nSPS) is 20.0. The van der Waals surface area contributed by atoms with Crippen LogP contribution >= 0.6 is 0 Å². The second kappa shape index (κ2) is 6.95. The average Bonchev–Trinajstić information content (AvgIpc) is 2.49. The van der Waals surface area contributed by atoms with Crippen LogP contribution in [-0.2, 0) is 24.0 Å². The summed E-state index contributed by atoms with van der Waals surface area (Å²) in [4.78, 5) is 59.0. The Labute approximate surface area is 136 Å². The van der Waals surface area contributed by atoms with Crippen molar-refractivity contribution < 1.29 is 49.5 Å². The molecule has 0 saturated carbocycles. The first-order valence-electron chi connectivity index (χ1n) is 6.71. The number of aliphatic hydroxyl groups excluding tert-OH is 2. The SMILES string of the molecule is CC(=O)C(=O)[C@](O)(C(C)=O)[C@](O)(C(C)=O)[C@](O)(C(C)=O)[C@@H](O)CO. The summed E-state index contributed by atoms with van der Waals surface area (Å²) in [6.45, 7) is 0.853. The van der Waals surface area contributed by atoms with E-state index in [1.807, 2.05) is 0 Å². The van der Waals surface area contributed by atoms with E-state index >= 15 is 0 Å². The highest BCUT2D eigenvalue weighted by molar-refractivity contribution is 6.45. The zero-order valence-corrected chi connectivity index (χ0v) is 13.6. The highest BCUT2D eigenvalue weighted by Crippen LogP contribution is 2.39. The van der Waals surface area contributed by atoms with Crippen LogP contribution in [0.2, 0.25) is 0 Å². The standard InChI is InChI=1S/C14H20O10/c1-6(16)11(21)13(23,8(3)18)14(24,9(4)19)12(22,7(2)17)10(20)5-15/h10,15,20,22-24H,5H2,1-4H3/t10-,12-,13+,14-/m0/s1. The topological polar surface area (TPSA) is 186 Å². The molecule has 5 N–H and O–H groups in total. The van der Waals surface area contributed by atoms with Crippen molar-refractivity contribution in [1.82, 2.24) is 0 Å². The molecule has 136 valence electrons. The minimum atomic E-state index is -3.93. The molecule has 10 nitrogen and oxygen atoms in total. The van der Waals surface area contributed by atoms with Gasteiger partial charge >= 0.3 is 0 Å². The van der Waals surface area contributed by atoms with E-state index in [0.29, 0.717) is 27.7 Å². The summed E-state index contributed by atoms with van der Waals surface area (Å²) in [5.41, 5.74) is -11.4. The lowest BCUT2D eigenvalue weighted by Crippen LogP contribution is -2.81. The van der Waals surface area contributed by atoms with Crippen molar-refractivity contribution in [3.63, 3.8) is 0 Å². The van der Waals surface area contributed by atoms with Crippen molar-refractivity contribution in [2.75, 3.05) is 6.61 Å². The molecule has 0 heterocycles. The summed E-state index contributed by atoms with van der Waals surface area (Å²) in [5, 5.41) is 50.3. The number of hydrogen-bond acceptors (Lipinski definition) is 10. The summed E-state index contributed by atoms with van der Waals surface area (Å²) >= 11 is 0. The Morgan fingerprint density at radius 2 is 1.25 bits per heavy atom. The molecule has 24 heavy (non-hydrogen) atoms. The van der Waals surface area contributed by atoms with E-state index in [4.69, 9.17) is 5.11 Å². The molecule has 0 spiro atoms. The van der Waals surface area contributed by atoms with Gasteiger partial charge in [-0.2, -0.15) is 0 Å². The van der Waals surface area contributed by atoms with Crippen molar-refractivity contribution in [2.24, 2.45) is 0 Å². The Hall–Kier alpha value is -1.85. The lowest BCUT2D eigenvalue weighted by Gasteiger charge is -2.48. The Morgan fingerprint density at radius 1 is 0.833 bits per heavy atom. The molecule has 0 saturated heterocycles. The fraction of sp³-hybridized carbons (Fsp3) is 0.643. The van der Waals surface area contributed by atoms with Gasteiger partial charge in [-0.25, -0.2) is 0 Å². The minimum Gasteiger partial charge on any atom is -0.394 e. The molecule has 0 aliphatic heterocycles. The number of hydrogen-bond donors (Lipinski definition) is 5. The highest BCUT2D eigenvalue weighted by Gasteiger charge is 2.74. The molecule has 0 amide bonds. The van der Waals surface area contributed by atoms with Crippen LogP contribution in [0.1, 0.15) is 27.7 Å². The summed E-state index contributed by atoms with van der Waals surface area (Å²) in [6.07, 6.45) is -2.56. The zero-order chi connectivity index (χ0) is 19.7. The number of carbonyl (C=O) groups excluding carboxylic acids is 5. The maximum atomic E-state index is 12.0. The zero-order valence-electron chi connectivity index (χ0n) is 13.6. The van der Waals surface area contributed by atoms with E-state index in [2.05, 4.69) is 0 Å². The second-order valence-corrected chi connectivity index (χ2v) is 5.44.